The summed E-state index contributed by atoms with van der Waals surface area (Å²) in [5.74, 6) is 0. The Balaban J connectivity index is 2.20. The standard InChI is InChI=1S/C14H22N2O2S/c1-3-6-11-7-4-5-8-16(11)14-15-12(10-18-2)13(9-17)19-14/h9,11H,3-8,10H2,1-2H3. The Labute approximate surface area is 118 Å². The number of hydrogen-bond acceptors (Lipinski definition) is 5. The first-order valence-corrected chi connectivity index (χ1v) is 7.82. The molecule has 0 N–H and O–H groups in total. The van der Waals surface area contributed by atoms with Crippen molar-refractivity contribution in [1.29, 1.82) is 0 Å². The van der Waals surface area contributed by atoms with Crippen molar-refractivity contribution in [3.63, 3.8) is 0 Å². The highest BCUT2D eigenvalue weighted by atomic mass is 32.1. The van der Waals surface area contributed by atoms with Gasteiger partial charge in [0.25, 0.3) is 0 Å². The predicted molar refractivity (Wildman–Crippen MR) is 78.1 cm³/mol. The lowest BCUT2D eigenvalue weighted by molar-refractivity contribution is 0.112. The third-order valence-electron chi connectivity index (χ3n) is 3.60. The lowest BCUT2D eigenvalue weighted by atomic mass is 9.99. The maximum absolute atomic E-state index is 11.1. The zero-order valence-corrected chi connectivity index (χ0v) is 12.5. The average Bonchev–Trinajstić information content (AvgIpc) is 2.83. The molecule has 1 aromatic rings. The van der Waals surface area contributed by atoms with Gasteiger partial charge in [-0.3, -0.25) is 4.79 Å². The number of piperidine rings is 1. The van der Waals surface area contributed by atoms with Gasteiger partial charge in [-0.05, 0) is 25.7 Å². The number of rotatable bonds is 6. The molecule has 0 spiro atoms. The van der Waals surface area contributed by atoms with Crippen molar-refractivity contribution in [2.24, 2.45) is 0 Å². The smallest absolute Gasteiger partial charge is 0.186 e. The van der Waals surface area contributed by atoms with Crippen LogP contribution in [0.3, 0.4) is 0 Å². The molecule has 0 aromatic carbocycles. The number of carbonyl (C=O) groups excluding carboxylic acids is 1. The minimum absolute atomic E-state index is 0.414. The molecular weight excluding hydrogens is 260 g/mol. The lowest BCUT2D eigenvalue weighted by Crippen LogP contribution is -2.39. The van der Waals surface area contributed by atoms with Crippen LogP contribution in [0.4, 0.5) is 5.13 Å². The fourth-order valence-electron chi connectivity index (χ4n) is 2.69. The normalized spacial score (nSPS) is 19.7. The molecule has 1 fully saturated rings. The molecule has 2 rings (SSSR count). The molecule has 1 atom stereocenters. The Bertz CT molecular complexity index is 418. The van der Waals surface area contributed by atoms with E-state index in [1.807, 2.05) is 0 Å². The summed E-state index contributed by atoms with van der Waals surface area (Å²) in [4.78, 5) is 18.8. The maximum atomic E-state index is 11.1. The molecule has 0 amide bonds. The molecule has 4 nitrogen and oxygen atoms in total. The Hall–Kier alpha value is -0.940. The number of carbonyl (C=O) groups is 1. The monoisotopic (exact) mass is 282 g/mol. The van der Waals surface area contributed by atoms with Crippen molar-refractivity contribution in [2.75, 3.05) is 18.6 Å². The molecule has 1 aromatic heterocycles. The van der Waals surface area contributed by atoms with Gasteiger partial charge in [0.1, 0.15) is 0 Å². The van der Waals surface area contributed by atoms with Crippen LogP contribution in [0.2, 0.25) is 0 Å². The Morgan fingerprint density at radius 2 is 2.37 bits per heavy atom. The number of ether oxygens (including phenoxy) is 1. The van der Waals surface area contributed by atoms with Gasteiger partial charge in [0.2, 0.25) is 0 Å². The molecule has 106 valence electrons. The minimum atomic E-state index is 0.414. The van der Waals surface area contributed by atoms with E-state index < -0.39 is 0 Å². The minimum Gasteiger partial charge on any atom is -0.378 e. The molecule has 0 aliphatic carbocycles. The van der Waals surface area contributed by atoms with E-state index in [0.29, 0.717) is 17.5 Å². The van der Waals surface area contributed by atoms with Crippen molar-refractivity contribution in [1.82, 2.24) is 4.98 Å². The van der Waals surface area contributed by atoms with Crippen LogP contribution in [0.25, 0.3) is 0 Å². The van der Waals surface area contributed by atoms with Crippen LogP contribution in [-0.4, -0.2) is 31.0 Å². The van der Waals surface area contributed by atoms with E-state index in [9.17, 15) is 4.79 Å². The van der Waals surface area contributed by atoms with E-state index in [4.69, 9.17) is 4.74 Å². The number of aldehydes is 1. The molecule has 0 saturated carbocycles. The summed E-state index contributed by atoms with van der Waals surface area (Å²) in [6.07, 6.45) is 7.05. The number of thiazole rings is 1. The molecular formula is C14H22N2O2S. The zero-order valence-electron chi connectivity index (χ0n) is 11.7. The van der Waals surface area contributed by atoms with Crippen molar-refractivity contribution in [3.8, 4) is 0 Å². The highest BCUT2D eigenvalue weighted by molar-refractivity contribution is 7.17. The van der Waals surface area contributed by atoms with Crippen molar-refractivity contribution in [3.05, 3.63) is 10.6 Å². The van der Waals surface area contributed by atoms with E-state index in [-0.39, 0.29) is 0 Å². The summed E-state index contributed by atoms with van der Waals surface area (Å²) in [5.41, 5.74) is 0.776. The SMILES string of the molecule is CCCC1CCCCN1c1nc(COC)c(C=O)s1. The number of anilines is 1. The van der Waals surface area contributed by atoms with Crippen molar-refractivity contribution in [2.45, 2.75) is 51.7 Å². The van der Waals surface area contributed by atoms with Crippen LogP contribution in [0, 0.1) is 0 Å². The van der Waals surface area contributed by atoms with E-state index in [2.05, 4.69) is 16.8 Å². The topological polar surface area (TPSA) is 42.4 Å². The second kappa shape index (κ2) is 7.01. The predicted octanol–water partition coefficient (Wildman–Crippen LogP) is 3.26. The van der Waals surface area contributed by atoms with Gasteiger partial charge in [0.05, 0.1) is 17.2 Å². The molecule has 1 aliphatic rings. The second-order valence-electron chi connectivity index (χ2n) is 4.99. The first kappa shape index (κ1) is 14.5. The zero-order chi connectivity index (χ0) is 13.7. The van der Waals surface area contributed by atoms with Gasteiger partial charge in [-0.15, -0.1) is 0 Å². The Kier molecular flexibility index (Phi) is 5.34. The van der Waals surface area contributed by atoms with E-state index in [1.54, 1.807) is 7.11 Å². The molecule has 5 heteroatoms. The first-order valence-electron chi connectivity index (χ1n) is 7.00. The van der Waals surface area contributed by atoms with Gasteiger partial charge >= 0.3 is 0 Å². The van der Waals surface area contributed by atoms with Crippen LogP contribution >= 0.6 is 11.3 Å². The van der Waals surface area contributed by atoms with Crippen LogP contribution in [0.5, 0.6) is 0 Å². The number of aromatic nitrogens is 1. The van der Waals surface area contributed by atoms with Gasteiger partial charge in [0, 0.05) is 19.7 Å². The number of methoxy groups -OCH3 is 1. The third kappa shape index (κ3) is 3.34. The van der Waals surface area contributed by atoms with Gasteiger partial charge in [-0.2, -0.15) is 0 Å². The van der Waals surface area contributed by atoms with Gasteiger partial charge in [0.15, 0.2) is 11.4 Å². The molecule has 1 unspecified atom stereocenters. The number of hydrogen-bond donors (Lipinski definition) is 0. The summed E-state index contributed by atoms with van der Waals surface area (Å²) in [5, 5.41) is 0.993. The summed E-state index contributed by atoms with van der Waals surface area (Å²) < 4.78 is 5.11. The highest BCUT2D eigenvalue weighted by Gasteiger charge is 2.25. The van der Waals surface area contributed by atoms with Crippen LogP contribution in [-0.2, 0) is 11.3 Å². The Morgan fingerprint density at radius 1 is 1.53 bits per heavy atom. The molecule has 1 saturated heterocycles. The largest absolute Gasteiger partial charge is 0.378 e. The highest BCUT2D eigenvalue weighted by Crippen LogP contribution is 2.32. The molecule has 2 heterocycles. The van der Waals surface area contributed by atoms with Crippen molar-refractivity contribution < 1.29 is 9.53 Å². The fourth-order valence-corrected chi connectivity index (χ4v) is 3.67. The molecule has 19 heavy (non-hydrogen) atoms. The molecule has 1 aliphatic heterocycles. The van der Waals surface area contributed by atoms with Crippen LogP contribution < -0.4 is 4.90 Å². The first-order chi connectivity index (χ1) is 9.30. The summed E-state index contributed by atoms with van der Waals surface area (Å²) in [7, 11) is 1.63. The maximum Gasteiger partial charge on any atom is 0.186 e. The third-order valence-corrected chi connectivity index (χ3v) is 4.66. The van der Waals surface area contributed by atoms with E-state index in [1.165, 1.54) is 43.4 Å². The van der Waals surface area contributed by atoms with Gasteiger partial charge in [-0.1, -0.05) is 24.7 Å². The summed E-state index contributed by atoms with van der Waals surface area (Å²) in [6, 6.07) is 0.583. The second-order valence-corrected chi connectivity index (χ2v) is 6.00. The average molecular weight is 282 g/mol. The molecule has 0 radical (unpaired) electrons. The van der Waals surface area contributed by atoms with Crippen LogP contribution in [0.1, 0.15) is 54.4 Å². The Morgan fingerprint density at radius 3 is 3.05 bits per heavy atom. The van der Waals surface area contributed by atoms with Gasteiger partial charge < -0.3 is 9.64 Å². The lowest BCUT2D eigenvalue weighted by Gasteiger charge is -2.35. The quantitative estimate of drug-likeness (QED) is 0.751. The molecule has 0 bridgehead atoms. The van der Waals surface area contributed by atoms with Crippen molar-refractivity contribution >= 4 is 22.8 Å². The van der Waals surface area contributed by atoms with E-state index in [0.717, 1.165) is 23.7 Å². The van der Waals surface area contributed by atoms with E-state index >= 15 is 0 Å². The summed E-state index contributed by atoms with van der Waals surface area (Å²) >= 11 is 1.50. The number of nitrogens with zero attached hydrogens (tertiary/aromatic N) is 2. The van der Waals surface area contributed by atoms with Gasteiger partial charge in [-0.25, -0.2) is 4.98 Å². The van der Waals surface area contributed by atoms with Crippen LogP contribution in [0.15, 0.2) is 0 Å². The fraction of sp³-hybridized carbons (Fsp3) is 0.714. The summed E-state index contributed by atoms with van der Waals surface area (Å²) in [6.45, 7) is 3.70.